The molecule has 242 valence electrons. The fraction of sp³-hybridized carbons (Fsp3) is 0.257. The van der Waals surface area contributed by atoms with Crippen LogP contribution in [0.4, 0.5) is 11.5 Å². The predicted molar refractivity (Wildman–Crippen MR) is 184 cm³/mol. The number of carbonyl (C=O) groups is 1. The first-order valence-electron chi connectivity index (χ1n) is 15.3. The summed E-state index contributed by atoms with van der Waals surface area (Å²) in [5.41, 5.74) is 10.4. The molecule has 2 aromatic heterocycles. The van der Waals surface area contributed by atoms with Crippen molar-refractivity contribution in [3.8, 4) is 16.9 Å². The van der Waals surface area contributed by atoms with Gasteiger partial charge in [-0.2, -0.15) is 0 Å². The normalized spacial score (nSPS) is 14.2. The number of fused-ring (bicyclic) bond motifs is 1. The largest absolute Gasteiger partial charge is 0.382 e. The van der Waals surface area contributed by atoms with Gasteiger partial charge in [0, 0.05) is 30.6 Å². The maximum absolute atomic E-state index is 14.5. The summed E-state index contributed by atoms with van der Waals surface area (Å²) >= 11 is 0. The molecule has 12 heteroatoms. The highest BCUT2D eigenvalue weighted by molar-refractivity contribution is 7.89. The molecule has 0 aliphatic carbocycles. The maximum atomic E-state index is 14.5. The van der Waals surface area contributed by atoms with Gasteiger partial charge >= 0.3 is 0 Å². The number of anilines is 2. The van der Waals surface area contributed by atoms with Crippen molar-refractivity contribution in [3.05, 3.63) is 112 Å². The quantitative estimate of drug-likeness (QED) is 0.251. The Hall–Kier alpha value is -5.07. The summed E-state index contributed by atoms with van der Waals surface area (Å²) in [5, 5.41) is 4.42. The third-order valence-electron chi connectivity index (χ3n) is 8.28. The molecule has 0 unspecified atom stereocenters. The molecule has 3 heterocycles. The molecule has 1 aliphatic rings. The van der Waals surface area contributed by atoms with Crippen molar-refractivity contribution in [3.63, 3.8) is 0 Å². The molecule has 3 aromatic carbocycles. The first-order valence-corrected chi connectivity index (χ1v) is 17.3. The number of aryl methyl sites for hydroxylation is 1. The number of nitrogen functional groups attached to an aromatic ring is 1. The van der Waals surface area contributed by atoms with Crippen LogP contribution in [0.2, 0.25) is 0 Å². The molecule has 1 aliphatic heterocycles. The summed E-state index contributed by atoms with van der Waals surface area (Å²) in [5.74, 6) is -0.752. The number of nitrogens with zero attached hydrogens (tertiary/aromatic N) is 4. The number of hydrogen-bond donors (Lipinski definition) is 2. The molecule has 5 aromatic rings. The molecular weight excluding hydrogens is 616 g/mol. The van der Waals surface area contributed by atoms with Gasteiger partial charge in [0.15, 0.2) is 21.3 Å². The van der Waals surface area contributed by atoms with Crippen molar-refractivity contribution in [1.82, 2.24) is 19.9 Å². The number of carbonyl (C=O) groups excluding carboxylic acids is 1. The lowest BCUT2D eigenvalue weighted by molar-refractivity contribution is 0.0934. The molecule has 1 fully saturated rings. The van der Waals surface area contributed by atoms with Crippen molar-refractivity contribution in [2.24, 2.45) is 0 Å². The number of sulfone groups is 1. The number of ether oxygens (including phenoxy) is 1. The van der Waals surface area contributed by atoms with Crippen LogP contribution in [-0.4, -0.2) is 61.4 Å². The molecule has 6 rings (SSSR count). The Kier molecular flexibility index (Phi) is 8.80. The second kappa shape index (κ2) is 13.0. The number of amides is 1. The van der Waals surface area contributed by atoms with Gasteiger partial charge in [-0.05, 0) is 54.6 Å². The van der Waals surface area contributed by atoms with E-state index in [4.69, 9.17) is 10.5 Å². The number of benzene rings is 3. The smallest absolute Gasteiger partial charge is 0.274 e. The molecule has 1 amide bonds. The van der Waals surface area contributed by atoms with Crippen LogP contribution in [0.3, 0.4) is 0 Å². The number of hydrogen-bond acceptors (Lipinski definition) is 9. The number of nitrogens with two attached hydrogens (primary N) is 1. The Morgan fingerprint density at radius 3 is 2.49 bits per heavy atom. The first-order chi connectivity index (χ1) is 22.5. The van der Waals surface area contributed by atoms with E-state index in [0.717, 1.165) is 16.6 Å². The van der Waals surface area contributed by atoms with E-state index in [0.29, 0.717) is 59.9 Å². The van der Waals surface area contributed by atoms with Crippen molar-refractivity contribution in [1.29, 1.82) is 0 Å². The Bertz CT molecular complexity index is 2140. The van der Waals surface area contributed by atoms with Gasteiger partial charge in [-0.25, -0.2) is 18.4 Å². The summed E-state index contributed by atoms with van der Waals surface area (Å²) in [7, 11) is -3.25. The number of aromatic nitrogens is 3. The molecule has 0 bridgehead atoms. The maximum Gasteiger partial charge on any atom is 0.274 e. The molecule has 0 radical (unpaired) electrons. The molecule has 47 heavy (non-hydrogen) atoms. The van der Waals surface area contributed by atoms with Crippen LogP contribution in [0, 0.1) is 6.92 Å². The highest BCUT2D eigenvalue weighted by Crippen LogP contribution is 2.32. The van der Waals surface area contributed by atoms with Crippen LogP contribution in [0.1, 0.15) is 40.3 Å². The van der Waals surface area contributed by atoms with E-state index in [1.807, 2.05) is 62.4 Å². The number of rotatable bonds is 8. The van der Waals surface area contributed by atoms with Gasteiger partial charge in [-0.15, -0.1) is 0 Å². The highest BCUT2D eigenvalue weighted by Gasteiger charge is 2.26. The minimum atomic E-state index is -3.25. The first kappa shape index (κ1) is 31.9. The SMILES string of the molecule is Cc1c([C@H](C)NC(=O)c2nc(-c3cccc(CS(C)(=O)=O)c3)cnc2N)n(-c2ccccc2)c(=O)c2c(N3CCOCC3)cccc12. The summed E-state index contributed by atoms with van der Waals surface area (Å²) in [6, 6.07) is 21.5. The Morgan fingerprint density at radius 1 is 1.04 bits per heavy atom. The third-order valence-corrected chi connectivity index (χ3v) is 9.14. The lowest BCUT2D eigenvalue weighted by Crippen LogP contribution is -2.38. The number of pyridine rings is 1. The zero-order valence-electron chi connectivity index (χ0n) is 26.4. The Labute approximate surface area is 273 Å². The van der Waals surface area contributed by atoms with Gasteiger partial charge in [-0.3, -0.25) is 14.2 Å². The summed E-state index contributed by atoms with van der Waals surface area (Å²) < 4.78 is 30.9. The van der Waals surface area contributed by atoms with Crippen LogP contribution in [0.15, 0.2) is 83.8 Å². The predicted octanol–water partition coefficient (Wildman–Crippen LogP) is 4.21. The van der Waals surface area contributed by atoms with Crippen LogP contribution >= 0.6 is 0 Å². The summed E-state index contributed by atoms with van der Waals surface area (Å²) in [6.07, 6.45) is 2.62. The fourth-order valence-electron chi connectivity index (χ4n) is 6.19. The zero-order chi connectivity index (χ0) is 33.3. The van der Waals surface area contributed by atoms with Crippen LogP contribution in [-0.2, 0) is 20.3 Å². The number of morpholine rings is 1. The zero-order valence-corrected chi connectivity index (χ0v) is 27.3. The average Bonchev–Trinajstić information content (AvgIpc) is 3.06. The molecule has 1 atom stereocenters. The van der Waals surface area contributed by atoms with Crippen LogP contribution in [0.25, 0.3) is 27.7 Å². The van der Waals surface area contributed by atoms with E-state index in [-0.39, 0.29) is 22.8 Å². The Morgan fingerprint density at radius 2 is 1.77 bits per heavy atom. The fourth-order valence-corrected chi connectivity index (χ4v) is 6.97. The van der Waals surface area contributed by atoms with Gasteiger partial charge in [-0.1, -0.05) is 48.5 Å². The monoisotopic (exact) mass is 652 g/mol. The Balaban J connectivity index is 1.41. The number of nitrogens with one attached hydrogen (secondary N) is 1. The molecule has 1 saturated heterocycles. The number of para-hydroxylation sites is 1. The lowest BCUT2D eigenvalue weighted by Gasteiger charge is -2.31. The van der Waals surface area contributed by atoms with E-state index in [2.05, 4.69) is 20.2 Å². The van der Waals surface area contributed by atoms with E-state index in [1.54, 1.807) is 28.8 Å². The summed E-state index contributed by atoms with van der Waals surface area (Å²) in [6.45, 7) is 6.31. The van der Waals surface area contributed by atoms with Gasteiger partial charge in [0.2, 0.25) is 0 Å². The van der Waals surface area contributed by atoms with Crippen molar-refractivity contribution >= 4 is 38.0 Å². The van der Waals surface area contributed by atoms with Crippen molar-refractivity contribution < 1.29 is 17.9 Å². The van der Waals surface area contributed by atoms with E-state index in [1.165, 1.54) is 12.5 Å². The van der Waals surface area contributed by atoms with E-state index in [9.17, 15) is 18.0 Å². The molecule has 11 nitrogen and oxygen atoms in total. The van der Waals surface area contributed by atoms with Crippen LogP contribution in [0.5, 0.6) is 0 Å². The van der Waals surface area contributed by atoms with E-state index < -0.39 is 21.8 Å². The van der Waals surface area contributed by atoms with E-state index >= 15 is 0 Å². The molecule has 0 spiro atoms. The second-order valence-electron chi connectivity index (χ2n) is 11.7. The minimum absolute atomic E-state index is 0.0587. The van der Waals surface area contributed by atoms with Crippen molar-refractivity contribution in [2.45, 2.75) is 25.6 Å². The topological polar surface area (TPSA) is 150 Å². The molecule has 0 saturated carbocycles. The average molecular weight is 653 g/mol. The van der Waals surface area contributed by atoms with Gasteiger partial charge in [0.05, 0.1) is 53.7 Å². The summed E-state index contributed by atoms with van der Waals surface area (Å²) in [4.78, 5) is 39.2. The molecular formula is C35H36N6O5S. The highest BCUT2D eigenvalue weighted by atomic mass is 32.2. The lowest BCUT2D eigenvalue weighted by atomic mass is 9.99. The van der Waals surface area contributed by atoms with Gasteiger partial charge < -0.3 is 20.7 Å². The minimum Gasteiger partial charge on any atom is -0.382 e. The molecule has 3 N–H and O–H groups in total. The van der Waals surface area contributed by atoms with Crippen molar-refractivity contribution in [2.75, 3.05) is 43.2 Å². The third kappa shape index (κ3) is 6.60. The second-order valence-corrected chi connectivity index (χ2v) is 13.9. The standard InChI is InChI=1S/C35H36N6O5S/c1-22-27-13-8-14-29(40-15-17-46-18-16-40)30(27)35(43)41(26-11-5-4-6-12-26)32(22)23(2)38-34(42)31-33(36)37-20-28(39-31)25-10-7-9-24(19-25)21-47(3,44)45/h4-14,19-20,23H,15-18,21H2,1-3H3,(H2,36,37)(H,38,42)/t23-/m0/s1. The van der Waals surface area contributed by atoms with Gasteiger partial charge in [0.1, 0.15) is 0 Å². The van der Waals surface area contributed by atoms with Crippen LogP contribution < -0.4 is 21.5 Å². The van der Waals surface area contributed by atoms with Gasteiger partial charge in [0.25, 0.3) is 11.5 Å².